The zero-order valence-electron chi connectivity index (χ0n) is 9.31. The number of amides is 1. The van der Waals surface area contributed by atoms with E-state index in [2.05, 4.69) is 4.74 Å². The lowest BCUT2D eigenvalue weighted by molar-refractivity contribution is -0.170. The minimum atomic E-state index is -5.17. The summed E-state index contributed by atoms with van der Waals surface area (Å²) >= 11 is 0. The largest absolute Gasteiger partial charge is 0.494 e. The molecule has 1 rings (SSSR count). The Morgan fingerprint density at radius 3 is 2.22 bits per heavy atom. The number of carbonyl (C=O) groups is 1. The third-order valence-electron chi connectivity index (χ3n) is 2.13. The standard InChI is InChI=1S/C10H8F5NO2/c1-16(9(17)10(13,14)15)7-3-6(12)8(18-2)4-5(7)11/h3-4H,1-2H3. The average Bonchev–Trinajstić information content (AvgIpc) is 2.28. The SMILES string of the molecule is COc1cc(F)c(N(C)C(=O)C(F)(F)F)cc1F. The lowest BCUT2D eigenvalue weighted by atomic mass is 10.2. The van der Waals surface area contributed by atoms with Gasteiger partial charge in [-0.2, -0.15) is 13.2 Å². The van der Waals surface area contributed by atoms with Crippen molar-refractivity contribution in [2.24, 2.45) is 0 Å². The first-order valence-corrected chi connectivity index (χ1v) is 4.56. The van der Waals surface area contributed by atoms with Gasteiger partial charge < -0.3 is 9.64 Å². The van der Waals surface area contributed by atoms with Crippen molar-refractivity contribution in [3.8, 4) is 5.75 Å². The number of ether oxygens (including phenoxy) is 1. The second kappa shape index (κ2) is 4.79. The van der Waals surface area contributed by atoms with Crippen LogP contribution in [-0.4, -0.2) is 26.2 Å². The molecule has 0 fully saturated rings. The van der Waals surface area contributed by atoms with Gasteiger partial charge in [-0.15, -0.1) is 0 Å². The zero-order valence-corrected chi connectivity index (χ0v) is 9.31. The highest BCUT2D eigenvalue weighted by molar-refractivity contribution is 5.96. The summed E-state index contributed by atoms with van der Waals surface area (Å²) in [7, 11) is 1.77. The lowest BCUT2D eigenvalue weighted by Gasteiger charge is -2.19. The van der Waals surface area contributed by atoms with E-state index in [9.17, 15) is 26.7 Å². The lowest BCUT2D eigenvalue weighted by Crippen LogP contribution is -2.39. The van der Waals surface area contributed by atoms with Crippen LogP contribution >= 0.6 is 0 Å². The maximum absolute atomic E-state index is 13.4. The fourth-order valence-corrected chi connectivity index (χ4v) is 1.23. The van der Waals surface area contributed by atoms with Crippen LogP contribution in [0.5, 0.6) is 5.75 Å². The van der Waals surface area contributed by atoms with Crippen molar-refractivity contribution in [2.75, 3.05) is 19.1 Å². The van der Waals surface area contributed by atoms with Crippen molar-refractivity contribution in [3.63, 3.8) is 0 Å². The zero-order chi connectivity index (χ0) is 14.1. The molecular weight excluding hydrogens is 261 g/mol. The van der Waals surface area contributed by atoms with Crippen molar-refractivity contribution < 1.29 is 31.5 Å². The monoisotopic (exact) mass is 269 g/mol. The van der Waals surface area contributed by atoms with Crippen LogP contribution in [0.2, 0.25) is 0 Å². The summed E-state index contributed by atoms with van der Waals surface area (Å²) in [4.78, 5) is 10.8. The first-order chi connectivity index (χ1) is 8.18. The molecule has 3 nitrogen and oxygen atoms in total. The molecule has 1 aromatic carbocycles. The Balaban J connectivity index is 3.19. The van der Waals surface area contributed by atoms with Gasteiger partial charge in [-0.25, -0.2) is 8.78 Å². The van der Waals surface area contributed by atoms with E-state index in [1.54, 1.807) is 0 Å². The topological polar surface area (TPSA) is 29.5 Å². The fraction of sp³-hybridized carbons (Fsp3) is 0.300. The molecular formula is C10H8F5NO2. The van der Waals surface area contributed by atoms with Gasteiger partial charge in [0, 0.05) is 19.2 Å². The first-order valence-electron chi connectivity index (χ1n) is 4.56. The van der Waals surface area contributed by atoms with Gasteiger partial charge in [-0.1, -0.05) is 0 Å². The number of halogens is 5. The van der Waals surface area contributed by atoms with E-state index in [1.807, 2.05) is 0 Å². The van der Waals surface area contributed by atoms with Crippen molar-refractivity contribution in [3.05, 3.63) is 23.8 Å². The van der Waals surface area contributed by atoms with Crippen LogP contribution in [0.25, 0.3) is 0 Å². The summed E-state index contributed by atoms with van der Waals surface area (Å²) in [5.74, 6) is -5.04. The number of methoxy groups -OCH3 is 1. The van der Waals surface area contributed by atoms with Crippen LogP contribution < -0.4 is 9.64 Å². The van der Waals surface area contributed by atoms with E-state index in [-0.39, 0.29) is 4.90 Å². The molecule has 0 saturated carbocycles. The molecule has 0 heterocycles. The number of anilines is 1. The third-order valence-corrected chi connectivity index (χ3v) is 2.13. The van der Waals surface area contributed by atoms with Gasteiger partial charge in [0.2, 0.25) is 0 Å². The van der Waals surface area contributed by atoms with Gasteiger partial charge in [-0.05, 0) is 0 Å². The third kappa shape index (κ3) is 2.69. The predicted octanol–water partition coefficient (Wildman–Crippen LogP) is 2.50. The Bertz CT molecular complexity index is 472. The molecule has 0 aliphatic heterocycles. The highest BCUT2D eigenvalue weighted by Gasteiger charge is 2.42. The molecule has 1 amide bonds. The Kier molecular flexibility index (Phi) is 3.78. The van der Waals surface area contributed by atoms with Gasteiger partial charge in [0.15, 0.2) is 17.4 Å². The van der Waals surface area contributed by atoms with Crippen LogP contribution in [0.3, 0.4) is 0 Å². The summed E-state index contributed by atoms with van der Waals surface area (Å²) in [6.07, 6.45) is -5.17. The first kappa shape index (κ1) is 14.2. The van der Waals surface area contributed by atoms with E-state index in [0.717, 1.165) is 7.11 Å². The van der Waals surface area contributed by atoms with E-state index >= 15 is 0 Å². The summed E-state index contributed by atoms with van der Waals surface area (Å²) in [6, 6.07) is 1.02. The van der Waals surface area contributed by atoms with Crippen LogP contribution in [0, 0.1) is 11.6 Å². The normalized spacial score (nSPS) is 11.3. The van der Waals surface area contributed by atoms with Crippen molar-refractivity contribution in [1.29, 1.82) is 0 Å². The Morgan fingerprint density at radius 1 is 1.22 bits per heavy atom. The Morgan fingerprint density at radius 2 is 1.78 bits per heavy atom. The number of hydrogen-bond donors (Lipinski definition) is 0. The predicted molar refractivity (Wildman–Crippen MR) is 52.4 cm³/mol. The van der Waals surface area contributed by atoms with Crippen LogP contribution in [-0.2, 0) is 4.79 Å². The molecule has 0 radical (unpaired) electrons. The van der Waals surface area contributed by atoms with Gasteiger partial charge >= 0.3 is 12.1 Å². The minimum Gasteiger partial charge on any atom is -0.494 e. The van der Waals surface area contributed by atoms with Gasteiger partial charge in [0.1, 0.15) is 0 Å². The number of hydrogen-bond acceptors (Lipinski definition) is 2. The molecule has 0 aromatic heterocycles. The van der Waals surface area contributed by atoms with E-state index in [4.69, 9.17) is 0 Å². The molecule has 0 unspecified atom stereocenters. The van der Waals surface area contributed by atoms with Crippen molar-refractivity contribution >= 4 is 11.6 Å². The van der Waals surface area contributed by atoms with Crippen molar-refractivity contribution in [1.82, 2.24) is 0 Å². The van der Waals surface area contributed by atoms with Crippen LogP contribution in [0.4, 0.5) is 27.6 Å². The Labute approximate surface area is 98.8 Å². The van der Waals surface area contributed by atoms with Crippen LogP contribution in [0.15, 0.2) is 12.1 Å². The number of benzene rings is 1. The second-order valence-corrected chi connectivity index (χ2v) is 3.30. The highest BCUT2D eigenvalue weighted by Crippen LogP contribution is 2.29. The highest BCUT2D eigenvalue weighted by atomic mass is 19.4. The molecule has 0 aliphatic carbocycles. The Hall–Kier alpha value is -1.86. The average molecular weight is 269 g/mol. The molecule has 8 heteroatoms. The summed E-state index contributed by atoms with van der Waals surface area (Å²) in [5.41, 5.74) is -0.823. The smallest absolute Gasteiger partial charge is 0.471 e. The fourth-order valence-electron chi connectivity index (χ4n) is 1.23. The number of carbonyl (C=O) groups excluding carboxylic acids is 1. The quantitative estimate of drug-likeness (QED) is 0.772. The second-order valence-electron chi connectivity index (χ2n) is 3.30. The molecule has 1 aromatic rings. The van der Waals surface area contributed by atoms with Crippen LogP contribution in [0.1, 0.15) is 0 Å². The van der Waals surface area contributed by atoms with Gasteiger partial charge in [-0.3, -0.25) is 4.79 Å². The molecule has 100 valence electrons. The maximum atomic E-state index is 13.4. The number of rotatable bonds is 2. The van der Waals surface area contributed by atoms with E-state index in [1.165, 1.54) is 0 Å². The number of nitrogens with zero attached hydrogens (tertiary/aromatic N) is 1. The molecule has 0 saturated heterocycles. The van der Waals surface area contributed by atoms with Gasteiger partial charge in [0.25, 0.3) is 0 Å². The van der Waals surface area contributed by atoms with Gasteiger partial charge in [0.05, 0.1) is 12.8 Å². The molecule has 0 aliphatic rings. The molecule has 0 N–H and O–H groups in total. The van der Waals surface area contributed by atoms with Crippen molar-refractivity contribution in [2.45, 2.75) is 6.18 Å². The number of alkyl halides is 3. The minimum absolute atomic E-state index is 0.0160. The molecule has 0 atom stereocenters. The summed E-state index contributed by atoms with van der Waals surface area (Å²) < 4.78 is 67.5. The summed E-state index contributed by atoms with van der Waals surface area (Å²) in [5, 5.41) is 0. The summed E-state index contributed by atoms with van der Waals surface area (Å²) in [6.45, 7) is 0. The van der Waals surface area contributed by atoms with E-state index < -0.39 is 35.2 Å². The molecule has 0 spiro atoms. The maximum Gasteiger partial charge on any atom is 0.471 e. The van der Waals surface area contributed by atoms with E-state index in [0.29, 0.717) is 19.2 Å². The molecule has 0 bridgehead atoms. The molecule has 18 heavy (non-hydrogen) atoms.